The summed E-state index contributed by atoms with van der Waals surface area (Å²) in [5.41, 5.74) is 2.35. The first-order valence-electron chi connectivity index (χ1n) is 11.6. The summed E-state index contributed by atoms with van der Waals surface area (Å²) < 4.78 is 10.8. The first-order chi connectivity index (χ1) is 17.5. The number of amides is 1. The molecule has 1 fully saturated rings. The lowest BCUT2D eigenvalue weighted by molar-refractivity contribution is -0.134. The highest BCUT2D eigenvalue weighted by atomic mass is 35.5. The van der Waals surface area contributed by atoms with Crippen LogP contribution < -0.4 is 9.47 Å². The average Bonchev–Trinajstić information content (AvgIpc) is 3.58. The van der Waals surface area contributed by atoms with Crippen LogP contribution in [0.1, 0.15) is 47.5 Å². The summed E-state index contributed by atoms with van der Waals surface area (Å²) in [5.74, 6) is 1.06. The van der Waals surface area contributed by atoms with Crippen LogP contribution in [0.3, 0.4) is 0 Å². The van der Waals surface area contributed by atoms with Crippen molar-refractivity contribution in [3.8, 4) is 11.6 Å². The SMILES string of the molecule is COc1ncccc1OCC(=O)N1CCC(c2nc(C3=NOC(c4c(Cl)cccc4Cl)C3)cs2)CC1. The number of oxime groups is 1. The van der Waals surface area contributed by atoms with Gasteiger partial charge < -0.3 is 19.2 Å². The Kier molecular flexibility index (Phi) is 7.59. The Hall–Kier alpha value is -2.88. The maximum absolute atomic E-state index is 12.7. The molecule has 5 rings (SSSR count). The van der Waals surface area contributed by atoms with Crippen molar-refractivity contribution in [2.75, 3.05) is 26.8 Å². The number of halogens is 2. The molecule has 0 N–H and O–H groups in total. The third-order valence-corrected chi connectivity index (χ3v) is 7.95. The number of nitrogens with zero attached hydrogens (tertiary/aromatic N) is 4. The molecule has 2 aliphatic rings. The van der Waals surface area contributed by atoms with E-state index >= 15 is 0 Å². The van der Waals surface area contributed by atoms with Crippen LogP contribution >= 0.6 is 34.5 Å². The monoisotopic (exact) mass is 546 g/mol. The van der Waals surface area contributed by atoms with Gasteiger partial charge in [-0.25, -0.2) is 9.97 Å². The van der Waals surface area contributed by atoms with E-state index < -0.39 is 0 Å². The average molecular weight is 547 g/mol. The van der Waals surface area contributed by atoms with E-state index in [2.05, 4.69) is 10.1 Å². The number of hydrogen-bond acceptors (Lipinski definition) is 8. The van der Waals surface area contributed by atoms with Crippen molar-refractivity contribution in [1.29, 1.82) is 0 Å². The summed E-state index contributed by atoms with van der Waals surface area (Å²) in [6.07, 6.45) is 3.53. The summed E-state index contributed by atoms with van der Waals surface area (Å²) >= 11 is 14.3. The fourth-order valence-corrected chi connectivity index (χ4v) is 6.00. The number of rotatable bonds is 7. The standard InChI is InChI=1S/C25H24Cl2N4O4S/c1-33-24-20(6-3-9-28-24)34-13-22(32)31-10-7-15(8-11-31)25-29-19(14-36-25)18-12-21(35-30-18)23-16(26)4-2-5-17(23)27/h2-6,9,14-15,21H,7-8,10-13H2,1H3. The molecule has 1 amide bonds. The van der Waals surface area contributed by atoms with E-state index in [4.69, 9.17) is 42.5 Å². The van der Waals surface area contributed by atoms with Gasteiger partial charge in [-0.2, -0.15) is 0 Å². The number of thiazole rings is 1. The second-order valence-corrected chi connectivity index (χ2v) is 10.2. The summed E-state index contributed by atoms with van der Waals surface area (Å²) in [4.78, 5) is 29.1. The number of methoxy groups -OCH3 is 1. The number of aromatic nitrogens is 2. The second-order valence-electron chi connectivity index (χ2n) is 8.50. The Balaban J connectivity index is 1.14. The highest BCUT2D eigenvalue weighted by molar-refractivity contribution is 7.10. The zero-order valence-electron chi connectivity index (χ0n) is 19.5. The molecule has 0 saturated carbocycles. The van der Waals surface area contributed by atoms with Crippen LogP contribution in [-0.4, -0.2) is 53.3 Å². The quantitative estimate of drug-likeness (QED) is 0.388. The predicted molar refractivity (Wildman–Crippen MR) is 138 cm³/mol. The zero-order chi connectivity index (χ0) is 25.1. The van der Waals surface area contributed by atoms with Crippen LogP contribution in [-0.2, 0) is 9.63 Å². The topological polar surface area (TPSA) is 86.1 Å². The van der Waals surface area contributed by atoms with Gasteiger partial charge in [-0.1, -0.05) is 34.4 Å². The Bertz CT molecular complexity index is 1260. The van der Waals surface area contributed by atoms with Gasteiger partial charge in [-0.05, 0) is 37.1 Å². The van der Waals surface area contributed by atoms with Crippen LogP contribution in [0.4, 0.5) is 0 Å². The minimum Gasteiger partial charge on any atom is -0.478 e. The Morgan fingerprint density at radius 1 is 1.19 bits per heavy atom. The number of ether oxygens (including phenoxy) is 2. The van der Waals surface area contributed by atoms with Gasteiger partial charge in [-0.15, -0.1) is 11.3 Å². The Morgan fingerprint density at radius 2 is 1.97 bits per heavy atom. The summed E-state index contributed by atoms with van der Waals surface area (Å²) in [6.45, 7) is 1.26. The number of carbonyl (C=O) groups is 1. The summed E-state index contributed by atoms with van der Waals surface area (Å²) in [6, 6.07) is 8.87. The largest absolute Gasteiger partial charge is 0.478 e. The molecule has 1 atom stereocenters. The van der Waals surface area contributed by atoms with E-state index in [-0.39, 0.29) is 18.6 Å². The highest BCUT2D eigenvalue weighted by Gasteiger charge is 2.30. The first kappa shape index (κ1) is 24.8. The normalized spacial score (nSPS) is 18.0. The number of likely N-dealkylation sites (tertiary alicyclic amines) is 1. The molecular weight excluding hydrogens is 523 g/mol. The number of hydrogen-bond donors (Lipinski definition) is 0. The minimum absolute atomic E-state index is 0.0510. The number of carbonyl (C=O) groups excluding carboxylic acids is 1. The third kappa shape index (κ3) is 5.28. The van der Waals surface area contributed by atoms with Crippen LogP contribution in [0, 0.1) is 0 Å². The maximum atomic E-state index is 12.7. The van der Waals surface area contributed by atoms with Crippen LogP contribution in [0.25, 0.3) is 0 Å². The van der Waals surface area contributed by atoms with Gasteiger partial charge in [0.05, 0.1) is 17.8 Å². The van der Waals surface area contributed by atoms with Gasteiger partial charge in [0.15, 0.2) is 18.5 Å². The van der Waals surface area contributed by atoms with Crippen LogP contribution in [0.5, 0.6) is 11.6 Å². The Labute approximate surface area is 222 Å². The van der Waals surface area contributed by atoms with E-state index in [0.717, 1.165) is 34.8 Å². The minimum atomic E-state index is -0.325. The summed E-state index contributed by atoms with van der Waals surface area (Å²) in [5, 5.41) is 8.45. The van der Waals surface area contributed by atoms with Gasteiger partial charge in [0, 0.05) is 52.6 Å². The molecule has 8 nitrogen and oxygen atoms in total. The van der Waals surface area contributed by atoms with E-state index in [1.165, 1.54) is 7.11 Å². The molecule has 0 aliphatic carbocycles. The van der Waals surface area contributed by atoms with E-state index in [9.17, 15) is 4.79 Å². The van der Waals surface area contributed by atoms with E-state index in [1.807, 2.05) is 10.3 Å². The van der Waals surface area contributed by atoms with Crippen molar-refractivity contribution in [1.82, 2.24) is 14.9 Å². The van der Waals surface area contributed by atoms with Crippen molar-refractivity contribution < 1.29 is 19.1 Å². The molecule has 0 bridgehead atoms. The molecule has 1 aromatic carbocycles. The van der Waals surface area contributed by atoms with Crippen molar-refractivity contribution in [3.05, 3.63) is 68.2 Å². The fraction of sp³-hybridized carbons (Fsp3) is 0.360. The molecule has 4 heterocycles. The number of pyridine rings is 1. The van der Waals surface area contributed by atoms with Gasteiger partial charge in [-0.3, -0.25) is 4.79 Å². The fourth-order valence-electron chi connectivity index (χ4n) is 4.36. The van der Waals surface area contributed by atoms with Crippen molar-refractivity contribution in [2.45, 2.75) is 31.3 Å². The Morgan fingerprint density at radius 3 is 2.72 bits per heavy atom. The molecule has 36 heavy (non-hydrogen) atoms. The third-order valence-electron chi connectivity index (χ3n) is 6.29. The molecule has 0 radical (unpaired) electrons. The molecule has 188 valence electrons. The molecule has 2 aliphatic heterocycles. The van der Waals surface area contributed by atoms with Crippen molar-refractivity contribution in [2.24, 2.45) is 5.16 Å². The lowest BCUT2D eigenvalue weighted by Crippen LogP contribution is -2.40. The summed E-state index contributed by atoms with van der Waals surface area (Å²) in [7, 11) is 1.52. The van der Waals surface area contributed by atoms with E-state index in [1.54, 1.807) is 47.9 Å². The molecular formula is C25H24Cl2N4O4S. The first-order valence-corrected chi connectivity index (χ1v) is 13.2. The molecule has 11 heteroatoms. The lowest BCUT2D eigenvalue weighted by Gasteiger charge is -2.31. The smallest absolute Gasteiger partial charge is 0.260 e. The number of piperidine rings is 1. The number of benzene rings is 1. The maximum Gasteiger partial charge on any atom is 0.260 e. The van der Waals surface area contributed by atoms with Gasteiger partial charge >= 0.3 is 0 Å². The molecule has 3 aromatic rings. The van der Waals surface area contributed by atoms with Crippen LogP contribution in [0.2, 0.25) is 10.0 Å². The van der Waals surface area contributed by atoms with Crippen molar-refractivity contribution in [3.63, 3.8) is 0 Å². The zero-order valence-corrected chi connectivity index (χ0v) is 21.9. The van der Waals surface area contributed by atoms with Gasteiger partial charge in [0.2, 0.25) is 0 Å². The molecule has 0 spiro atoms. The molecule has 1 saturated heterocycles. The molecule has 2 aromatic heterocycles. The highest BCUT2D eigenvalue weighted by Crippen LogP contribution is 2.39. The van der Waals surface area contributed by atoms with Gasteiger partial charge in [0.25, 0.3) is 11.8 Å². The van der Waals surface area contributed by atoms with E-state index in [0.29, 0.717) is 47.1 Å². The lowest BCUT2D eigenvalue weighted by atomic mass is 9.97. The van der Waals surface area contributed by atoms with Crippen molar-refractivity contribution >= 4 is 46.2 Å². The van der Waals surface area contributed by atoms with Gasteiger partial charge in [0.1, 0.15) is 5.71 Å². The molecule has 1 unspecified atom stereocenters. The van der Waals surface area contributed by atoms with Crippen LogP contribution in [0.15, 0.2) is 47.1 Å². The predicted octanol–water partition coefficient (Wildman–Crippen LogP) is 5.50. The second kappa shape index (κ2) is 11.0.